The van der Waals surface area contributed by atoms with E-state index in [0.29, 0.717) is 0 Å². The molecule has 7 nitrogen and oxygen atoms in total. The van der Waals surface area contributed by atoms with Gasteiger partial charge in [0.2, 0.25) is 0 Å². The summed E-state index contributed by atoms with van der Waals surface area (Å²) in [5.41, 5.74) is -2.40. The quantitative estimate of drug-likeness (QED) is 0.580. The van der Waals surface area contributed by atoms with E-state index in [1.807, 2.05) is 0 Å². The number of esters is 1. The van der Waals surface area contributed by atoms with Gasteiger partial charge in [0.15, 0.2) is 0 Å². The first-order valence-electron chi connectivity index (χ1n) is 5.34. The summed E-state index contributed by atoms with van der Waals surface area (Å²) in [4.78, 5) is 23.3. The molecular weight excluding hydrogens is 242 g/mol. The third-order valence-electron chi connectivity index (χ3n) is 1.91. The number of ether oxygens (including phenoxy) is 4. The summed E-state index contributed by atoms with van der Waals surface area (Å²) in [7, 11) is 3.81. The monoisotopic (exact) mass is 263 g/mol. The number of hydrogen-bond donors (Lipinski definition) is 1. The highest BCUT2D eigenvalue weighted by molar-refractivity contribution is 5.84. The molecule has 18 heavy (non-hydrogen) atoms. The van der Waals surface area contributed by atoms with Crippen LogP contribution in [0.2, 0.25) is 0 Å². The van der Waals surface area contributed by atoms with E-state index in [4.69, 9.17) is 14.2 Å². The lowest BCUT2D eigenvalue weighted by atomic mass is 10.2. The van der Waals surface area contributed by atoms with Crippen molar-refractivity contribution in [3.63, 3.8) is 0 Å². The lowest BCUT2D eigenvalue weighted by Crippen LogP contribution is -2.60. The topological polar surface area (TPSA) is 83.1 Å². The standard InChI is InChI=1S/C11H21NO6/c1-10(2,3)18-9(14)12-11(17-6,7-15-4)8(13)16-5/h7H2,1-6H3,(H,12,14). The zero-order valence-electron chi connectivity index (χ0n) is 11.7. The Labute approximate surface area is 107 Å². The smallest absolute Gasteiger partial charge is 0.410 e. The third kappa shape index (κ3) is 4.89. The maximum Gasteiger partial charge on any atom is 0.410 e. The number of amides is 1. The van der Waals surface area contributed by atoms with Crippen molar-refractivity contribution < 1.29 is 28.5 Å². The molecule has 0 saturated heterocycles. The van der Waals surface area contributed by atoms with Crippen LogP contribution in [-0.2, 0) is 23.7 Å². The van der Waals surface area contributed by atoms with Crippen LogP contribution >= 0.6 is 0 Å². The van der Waals surface area contributed by atoms with Crippen LogP contribution in [0.1, 0.15) is 20.8 Å². The van der Waals surface area contributed by atoms with Crippen LogP contribution in [0.25, 0.3) is 0 Å². The Bertz CT molecular complexity index is 298. The molecule has 7 heteroatoms. The van der Waals surface area contributed by atoms with Gasteiger partial charge in [0.25, 0.3) is 5.72 Å². The van der Waals surface area contributed by atoms with Crippen LogP contribution in [0.5, 0.6) is 0 Å². The van der Waals surface area contributed by atoms with E-state index in [9.17, 15) is 9.59 Å². The molecule has 0 heterocycles. The molecule has 106 valence electrons. The van der Waals surface area contributed by atoms with E-state index < -0.39 is 23.4 Å². The predicted octanol–water partition coefficient (Wildman–Crippen LogP) is 0.673. The minimum Gasteiger partial charge on any atom is -0.465 e. The number of nitrogens with one attached hydrogen (secondary N) is 1. The van der Waals surface area contributed by atoms with E-state index in [-0.39, 0.29) is 6.61 Å². The first-order chi connectivity index (χ1) is 8.20. The van der Waals surface area contributed by atoms with Gasteiger partial charge >= 0.3 is 12.1 Å². The Morgan fingerprint density at radius 1 is 1.11 bits per heavy atom. The van der Waals surface area contributed by atoms with Crippen LogP contribution in [0.4, 0.5) is 4.79 Å². The highest BCUT2D eigenvalue weighted by Gasteiger charge is 2.43. The number of rotatable bonds is 5. The highest BCUT2D eigenvalue weighted by atomic mass is 16.6. The van der Waals surface area contributed by atoms with E-state index >= 15 is 0 Å². The molecule has 0 aliphatic carbocycles. The van der Waals surface area contributed by atoms with Gasteiger partial charge in [-0.3, -0.25) is 5.32 Å². The number of methoxy groups -OCH3 is 3. The van der Waals surface area contributed by atoms with Gasteiger partial charge in [-0.25, -0.2) is 9.59 Å². The maximum absolute atomic E-state index is 11.7. The Hall–Kier alpha value is -1.34. The van der Waals surface area contributed by atoms with Crippen LogP contribution in [0.15, 0.2) is 0 Å². The molecule has 0 rings (SSSR count). The van der Waals surface area contributed by atoms with Crippen LogP contribution in [-0.4, -0.2) is 51.3 Å². The van der Waals surface area contributed by atoms with Crippen molar-refractivity contribution >= 4 is 12.1 Å². The van der Waals surface area contributed by atoms with E-state index in [1.54, 1.807) is 20.8 Å². The van der Waals surface area contributed by atoms with E-state index in [2.05, 4.69) is 10.1 Å². The van der Waals surface area contributed by atoms with Gasteiger partial charge in [0, 0.05) is 14.2 Å². The highest BCUT2D eigenvalue weighted by Crippen LogP contribution is 2.12. The number of carbonyl (C=O) groups excluding carboxylic acids is 2. The number of carbonyl (C=O) groups is 2. The number of alkyl carbamates (subject to hydrolysis) is 1. The molecule has 0 aromatic rings. The maximum atomic E-state index is 11.7. The summed E-state index contributed by atoms with van der Waals surface area (Å²) in [6, 6.07) is 0. The first kappa shape index (κ1) is 16.7. The molecule has 0 spiro atoms. The van der Waals surface area contributed by atoms with Gasteiger partial charge in [0.1, 0.15) is 12.2 Å². The molecule has 0 aliphatic rings. The van der Waals surface area contributed by atoms with Crippen LogP contribution in [0, 0.1) is 0 Å². The summed E-state index contributed by atoms with van der Waals surface area (Å²) < 4.78 is 19.5. The normalized spacial score (nSPS) is 14.6. The summed E-state index contributed by atoms with van der Waals surface area (Å²) in [5, 5.41) is 2.31. The van der Waals surface area contributed by atoms with Crippen molar-refractivity contribution in [3.8, 4) is 0 Å². The molecule has 0 aromatic carbocycles. The molecule has 0 aliphatic heterocycles. The van der Waals surface area contributed by atoms with Gasteiger partial charge in [-0.1, -0.05) is 0 Å². The lowest BCUT2D eigenvalue weighted by Gasteiger charge is -2.30. The molecule has 0 fully saturated rings. The molecule has 1 atom stereocenters. The largest absolute Gasteiger partial charge is 0.465 e. The second-order valence-corrected chi connectivity index (χ2v) is 4.58. The molecule has 1 N–H and O–H groups in total. The Morgan fingerprint density at radius 2 is 1.67 bits per heavy atom. The fourth-order valence-corrected chi connectivity index (χ4v) is 1.18. The molecule has 0 saturated carbocycles. The van der Waals surface area contributed by atoms with Crippen molar-refractivity contribution in [1.82, 2.24) is 5.32 Å². The fourth-order valence-electron chi connectivity index (χ4n) is 1.18. The first-order valence-corrected chi connectivity index (χ1v) is 5.34. The Kier molecular flexibility index (Phi) is 6.07. The summed E-state index contributed by atoms with van der Waals surface area (Å²) in [5.74, 6) is -0.780. The average molecular weight is 263 g/mol. The van der Waals surface area contributed by atoms with Gasteiger partial charge in [-0.15, -0.1) is 0 Å². The van der Waals surface area contributed by atoms with Gasteiger partial charge in [0.05, 0.1) is 7.11 Å². The summed E-state index contributed by atoms with van der Waals surface area (Å²) >= 11 is 0. The summed E-state index contributed by atoms with van der Waals surface area (Å²) in [6.07, 6.45) is -0.799. The molecule has 0 bridgehead atoms. The van der Waals surface area contributed by atoms with Gasteiger partial charge < -0.3 is 18.9 Å². The second-order valence-electron chi connectivity index (χ2n) is 4.58. The fraction of sp³-hybridized carbons (Fsp3) is 0.818. The van der Waals surface area contributed by atoms with Crippen molar-refractivity contribution in [1.29, 1.82) is 0 Å². The zero-order chi connectivity index (χ0) is 14.4. The van der Waals surface area contributed by atoms with Crippen molar-refractivity contribution in [2.45, 2.75) is 32.1 Å². The average Bonchev–Trinajstić information content (AvgIpc) is 2.24. The van der Waals surface area contributed by atoms with Crippen molar-refractivity contribution in [2.75, 3.05) is 27.9 Å². The minimum absolute atomic E-state index is 0.199. The second kappa shape index (κ2) is 6.55. The van der Waals surface area contributed by atoms with Crippen LogP contribution in [0.3, 0.4) is 0 Å². The van der Waals surface area contributed by atoms with E-state index in [1.165, 1.54) is 21.3 Å². The van der Waals surface area contributed by atoms with E-state index in [0.717, 1.165) is 0 Å². The molecule has 1 amide bonds. The molecule has 0 radical (unpaired) electrons. The number of hydrogen-bond acceptors (Lipinski definition) is 6. The Balaban J connectivity index is 4.89. The van der Waals surface area contributed by atoms with Crippen molar-refractivity contribution in [3.05, 3.63) is 0 Å². The van der Waals surface area contributed by atoms with Crippen molar-refractivity contribution in [2.24, 2.45) is 0 Å². The van der Waals surface area contributed by atoms with Crippen LogP contribution < -0.4 is 5.32 Å². The third-order valence-corrected chi connectivity index (χ3v) is 1.91. The minimum atomic E-state index is -1.72. The molecular formula is C11H21NO6. The Morgan fingerprint density at radius 3 is 2.00 bits per heavy atom. The molecule has 0 aromatic heterocycles. The molecule has 1 unspecified atom stereocenters. The van der Waals surface area contributed by atoms with Gasteiger partial charge in [-0.2, -0.15) is 0 Å². The summed E-state index contributed by atoms with van der Waals surface area (Å²) in [6.45, 7) is 4.91. The predicted molar refractivity (Wildman–Crippen MR) is 63.0 cm³/mol. The zero-order valence-corrected chi connectivity index (χ0v) is 11.7. The SMILES string of the molecule is COCC(NC(=O)OC(C)(C)C)(OC)C(=O)OC. The van der Waals surface area contributed by atoms with Gasteiger partial charge in [-0.05, 0) is 20.8 Å². The lowest BCUT2D eigenvalue weighted by molar-refractivity contribution is -0.177.